The molecule has 0 radical (unpaired) electrons. The minimum atomic E-state index is 0.656. The first-order chi connectivity index (χ1) is 10.0. The molecule has 0 aliphatic rings. The fourth-order valence-corrected chi connectivity index (χ4v) is 2.44. The Morgan fingerprint density at radius 1 is 1.24 bits per heavy atom. The van der Waals surface area contributed by atoms with Crippen molar-refractivity contribution in [3.05, 3.63) is 29.1 Å². The highest BCUT2D eigenvalue weighted by Crippen LogP contribution is 2.14. The quantitative estimate of drug-likeness (QED) is 0.846. The maximum Gasteiger partial charge on any atom is 0.148 e. The number of hydrogen-bond donors (Lipinski definition) is 1. The maximum absolute atomic E-state index is 4.65. The van der Waals surface area contributed by atoms with Crippen LogP contribution in [0.3, 0.4) is 0 Å². The first-order valence-corrected chi connectivity index (χ1v) is 7.63. The van der Waals surface area contributed by atoms with Crippen LogP contribution in [0.1, 0.15) is 43.5 Å². The van der Waals surface area contributed by atoms with Crippen LogP contribution in [-0.4, -0.2) is 31.1 Å². The van der Waals surface area contributed by atoms with Crippen LogP contribution in [0.2, 0.25) is 0 Å². The fraction of sp³-hybridized carbons (Fsp3) is 0.667. The Kier molecular flexibility index (Phi) is 5.12. The Bertz CT molecular complexity index is 581. The zero-order valence-electron chi connectivity index (χ0n) is 13.7. The average molecular weight is 290 g/mol. The van der Waals surface area contributed by atoms with E-state index < -0.39 is 0 Å². The molecular formula is C15H26N6. The number of nitrogens with one attached hydrogen (secondary N) is 1. The van der Waals surface area contributed by atoms with Crippen molar-refractivity contribution in [1.29, 1.82) is 0 Å². The Hall–Kier alpha value is -1.69. The molecule has 0 aromatic carbocycles. The summed E-state index contributed by atoms with van der Waals surface area (Å²) in [5.74, 6) is 1.61. The van der Waals surface area contributed by atoms with Crippen LogP contribution in [-0.2, 0) is 19.6 Å². The van der Waals surface area contributed by atoms with Gasteiger partial charge in [-0.1, -0.05) is 13.8 Å². The van der Waals surface area contributed by atoms with E-state index in [0.717, 1.165) is 31.2 Å². The van der Waals surface area contributed by atoms with E-state index in [9.17, 15) is 0 Å². The van der Waals surface area contributed by atoms with Gasteiger partial charge in [0.2, 0.25) is 0 Å². The van der Waals surface area contributed by atoms with Crippen molar-refractivity contribution in [1.82, 2.24) is 29.9 Å². The molecule has 2 rings (SSSR count). The van der Waals surface area contributed by atoms with Crippen LogP contribution in [0.5, 0.6) is 0 Å². The van der Waals surface area contributed by atoms with E-state index in [1.807, 2.05) is 9.36 Å². The lowest BCUT2D eigenvalue weighted by atomic mass is 10.2. The van der Waals surface area contributed by atoms with Crippen molar-refractivity contribution >= 4 is 0 Å². The summed E-state index contributed by atoms with van der Waals surface area (Å²) in [6.07, 6.45) is 1.61. The SMILES string of the molecule is CCn1ncnc1Cn1nc(C)c(CNCC(C)C)c1C. The molecule has 6 heteroatoms. The van der Waals surface area contributed by atoms with Gasteiger partial charge >= 0.3 is 0 Å². The summed E-state index contributed by atoms with van der Waals surface area (Å²) in [5, 5.41) is 12.4. The van der Waals surface area contributed by atoms with E-state index in [2.05, 4.69) is 55.1 Å². The third-order valence-corrected chi connectivity index (χ3v) is 3.67. The van der Waals surface area contributed by atoms with Gasteiger partial charge in [-0.15, -0.1) is 0 Å². The van der Waals surface area contributed by atoms with Gasteiger partial charge in [0.05, 0.1) is 5.69 Å². The van der Waals surface area contributed by atoms with Gasteiger partial charge in [-0.2, -0.15) is 10.2 Å². The third-order valence-electron chi connectivity index (χ3n) is 3.67. The van der Waals surface area contributed by atoms with Crippen LogP contribution in [0.15, 0.2) is 6.33 Å². The summed E-state index contributed by atoms with van der Waals surface area (Å²) in [6, 6.07) is 0. The second-order valence-corrected chi connectivity index (χ2v) is 5.82. The minimum absolute atomic E-state index is 0.656. The predicted octanol–water partition coefficient (Wildman–Crippen LogP) is 1.91. The summed E-state index contributed by atoms with van der Waals surface area (Å²) in [4.78, 5) is 4.32. The van der Waals surface area contributed by atoms with Gasteiger partial charge in [0.15, 0.2) is 0 Å². The van der Waals surface area contributed by atoms with Crippen molar-refractivity contribution in [2.75, 3.05) is 6.54 Å². The molecule has 0 aliphatic carbocycles. The van der Waals surface area contributed by atoms with E-state index in [1.165, 1.54) is 11.3 Å². The summed E-state index contributed by atoms with van der Waals surface area (Å²) < 4.78 is 3.94. The van der Waals surface area contributed by atoms with Gasteiger partial charge in [-0.05, 0) is 33.2 Å². The molecule has 0 aliphatic heterocycles. The molecule has 0 saturated heterocycles. The molecule has 0 amide bonds. The van der Waals surface area contributed by atoms with E-state index >= 15 is 0 Å². The van der Waals surface area contributed by atoms with E-state index in [1.54, 1.807) is 6.33 Å². The van der Waals surface area contributed by atoms with Crippen LogP contribution < -0.4 is 5.32 Å². The molecule has 1 N–H and O–H groups in total. The molecular weight excluding hydrogens is 264 g/mol. The van der Waals surface area contributed by atoms with Gasteiger partial charge < -0.3 is 5.32 Å². The lowest BCUT2D eigenvalue weighted by Crippen LogP contribution is -2.19. The zero-order valence-corrected chi connectivity index (χ0v) is 13.7. The topological polar surface area (TPSA) is 60.6 Å². The summed E-state index contributed by atoms with van der Waals surface area (Å²) in [6.45, 7) is 14.1. The van der Waals surface area contributed by atoms with E-state index in [4.69, 9.17) is 0 Å². The lowest BCUT2D eigenvalue weighted by Gasteiger charge is -2.08. The van der Waals surface area contributed by atoms with Gasteiger partial charge in [-0.25, -0.2) is 9.67 Å². The molecule has 0 bridgehead atoms. The Morgan fingerprint density at radius 3 is 2.67 bits per heavy atom. The largest absolute Gasteiger partial charge is 0.312 e. The van der Waals surface area contributed by atoms with Gasteiger partial charge in [0.25, 0.3) is 0 Å². The van der Waals surface area contributed by atoms with Crippen molar-refractivity contribution in [3.63, 3.8) is 0 Å². The molecule has 116 valence electrons. The normalized spacial score (nSPS) is 11.5. The average Bonchev–Trinajstić information content (AvgIpc) is 2.98. The monoisotopic (exact) mass is 290 g/mol. The van der Waals surface area contributed by atoms with Crippen LogP contribution >= 0.6 is 0 Å². The highest BCUT2D eigenvalue weighted by atomic mass is 15.4. The first kappa shape index (κ1) is 15.7. The molecule has 0 fully saturated rings. The fourth-order valence-electron chi connectivity index (χ4n) is 2.44. The van der Waals surface area contributed by atoms with Crippen molar-refractivity contribution in [3.8, 4) is 0 Å². The predicted molar refractivity (Wildman–Crippen MR) is 83.0 cm³/mol. The second kappa shape index (κ2) is 6.85. The molecule has 21 heavy (non-hydrogen) atoms. The number of nitrogens with zero attached hydrogens (tertiary/aromatic N) is 5. The van der Waals surface area contributed by atoms with Crippen LogP contribution in [0.25, 0.3) is 0 Å². The Morgan fingerprint density at radius 2 is 2.00 bits per heavy atom. The number of aryl methyl sites for hydroxylation is 2. The molecule has 2 heterocycles. The number of aromatic nitrogens is 5. The van der Waals surface area contributed by atoms with Crippen molar-refractivity contribution < 1.29 is 0 Å². The minimum Gasteiger partial charge on any atom is -0.312 e. The molecule has 0 spiro atoms. The third kappa shape index (κ3) is 3.69. The smallest absolute Gasteiger partial charge is 0.148 e. The zero-order chi connectivity index (χ0) is 15.4. The van der Waals surface area contributed by atoms with E-state index in [0.29, 0.717) is 12.5 Å². The van der Waals surface area contributed by atoms with Crippen LogP contribution in [0.4, 0.5) is 0 Å². The molecule has 0 saturated carbocycles. The standard InChI is InChI=1S/C15H26N6/c1-6-20-15(17-10-18-20)9-21-13(5)14(12(4)19-21)8-16-7-11(2)3/h10-11,16H,6-9H2,1-5H3. The molecule has 2 aromatic heterocycles. The maximum atomic E-state index is 4.65. The Balaban J connectivity index is 2.11. The lowest BCUT2D eigenvalue weighted by molar-refractivity contribution is 0.547. The highest BCUT2D eigenvalue weighted by Gasteiger charge is 2.13. The summed E-state index contributed by atoms with van der Waals surface area (Å²) >= 11 is 0. The van der Waals surface area contributed by atoms with Gasteiger partial charge in [-0.3, -0.25) is 4.68 Å². The second-order valence-electron chi connectivity index (χ2n) is 5.82. The molecule has 2 aromatic rings. The van der Waals surface area contributed by atoms with Gasteiger partial charge in [0, 0.05) is 24.3 Å². The van der Waals surface area contributed by atoms with Crippen LogP contribution in [0, 0.1) is 19.8 Å². The number of rotatable bonds is 7. The summed E-state index contributed by atoms with van der Waals surface area (Å²) in [5.41, 5.74) is 3.58. The molecule has 6 nitrogen and oxygen atoms in total. The molecule has 0 atom stereocenters. The number of hydrogen-bond acceptors (Lipinski definition) is 4. The van der Waals surface area contributed by atoms with Gasteiger partial charge in [0.1, 0.15) is 18.7 Å². The highest BCUT2D eigenvalue weighted by molar-refractivity contribution is 5.24. The van der Waals surface area contributed by atoms with Crippen molar-refractivity contribution in [2.45, 2.75) is 54.3 Å². The van der Waals surface area contributed by atoms with E-state index in [-0.39, 0.29) is 0 Å². The van der Waals surface area contributed by atoms with Crippen molar-refractivity contribution in [2.24, 2.45) is 5.92 Å². The summed E-state index contributed by atoms with van der Waals surface area (Å²) in [7, 11) is 0. The Labute approximate surface area is 126 Å². The molecule has 0 unspecified atom stereocenters. The first-order valence-electron chi connectivity index (χ1n) is 7.63.